The van der Waals surface area contributed by atoms with Gasteiger partial charge in [0, 0.05) is 36.6 Å². The highest BCUT2D eigenvalue weighted by Gasteiger charge is 2.13. The molecular formula is C23H25N3O. The molecule has 0 spiro atoms. The van der Waals surface area contributed by atoms with E-state index in [2.05, 4.69) is 36.3 Å². The molecule has 4 nitrogen and oxygen atoms in total. The predicted molar refractivity (Wildman–Crippen MR) is 108 cm³/mol. The Labute approximate surface area is 160 Å². The van der Waals surface area contributed by atoms with Crippen LogP contribution in [-0.4, -0.2) is 22.3 Å². The van der Waals surface area contributed by atoms with E-state index in [1.54, 1.807) is 12.1 Å². The first-order valence-corrected chi connectivity index (χ1v) is 9.53. The summed E-state index contributed by atoms with van der Waals surface area (Å²) in [6.07, 6.45) is 5.27. The molecule has 138 valence electrons. The number of hydrogen-bond donors (Lipinski definition) is 1. The molecule has 2 aromatic carbocycles. The van der Waals surface area contributed by atoms with Crippen molar-refractivity contribution in [3.63, 3.8) is 0 Å². The molecule has 0 fully saturated rings. The molecule has 0 aliphatic rings. The van der Waals surface area contributed by atoms with Gasteiger partial charge in [-0.05, 0) is 48.6 Å². The quantitative estimate of drug-likeness (QED) is 0.628. The van der Waals surface area contributed by atoms with Crippen LogP contribution in [0, 0.1) is 11.3 Å². The van der Waals surface area contributed by atoms with Crippen molar-refractivity contribution in [3.8, 4) is 6.07 Å². The van der Waals surface area contributed by atoms with E-state index in [9.17, 15) is 4.79 Å². The number of nitriles is 1. The van der Waals surface area contributed by atoms with Crippen LogP contribution in [0.3, 0.4) is 0 Å². The summed E-state index contributed by atoms with van der Waals surface area (Å²) in [7, 11) is 0. The zero-order chi connectivity index (χ0) is 19.1. The fraction of sp³-hybridized carbons (Fsp3) is 0.304. The second kappa shape index (κ2) is 9.05. The standard InChI is InChI=1S/C23H25N3O/c1-2-14-26(17-19-12-10-18(15-24)11-13-19)23(27)9-5-6-20-16-25-22-8-4-3-7-21(20)22/h3-4,7-8,10-13,16,25H,2,5-6,9,14,17H2,1H3. The molecule has 0 unspecified atom stereocenters. The van der Waals surface area contributed by atoms with Gasteiger partial charge in [-0.3, -0.25) is 4.79 Å². The van der Waals surface area contributed by atoms with Crippen LogP contribution in [0.15, 0.2) is 54.7 Å². The third-order valence-corrected chi connectivity index (χ3v) is 4.81. The van der Waals surface area contributed by atoms with Crippen molar-refractivity contribution in [3.05, 3.63) is 71.4 Å². The fourth-order valence-electron chi connectivity index (χ4n) is 3.39. The minimum atomic E-state index is 0.195. The number of hydrogen-bond acceptors (Lipinski definition) is 2. The summed E-state index contributed by atoms with van der Waals surface area (Å²) in [6.45, 7) is 3.45. The SMILES string of the molecule is CCCN(Cc1ccc(C#N)cc1)C(=O)CCCc1c[nH]c2ccccc12. The lowest BCUT2D eigenvalue weighted by atomic mass is 10.1. The molecule has 1 N–H and O–H groups in total. The maximum Gasteiger partial charge on any atom is 0.222 e. The van der Waals surface area contributed by atoms with Gasteiger partial charge in [-0.2, -0.15) is 5.26 Å². The Morgan fingerprint density at radius 1 is 1.15 bits per heavy atom. The van der Waals surface area contributed by atoms with Crippen LogP contribution in [0.2, 0.25) is 0 Å². The molecule has 0 saturated heterocycles. The van der Waals surface area contributed by atoms with Gasteiger partial charge in [0.2, 0.25) is 5.91 Å². The van der Waals surface area contributed by atoms with E-state index >= 15 is 0 Å². The van der Waals surface area contributed by atoms with Crippen molar-refractivity contribution in [2.75, 3.05) is 6.54 Å². The van der Waals surface area contributed by atoms with E-state index in [0.29, 0.717) is 18.5 Å². The molecule has 27 heavy (non-hydrogen) atoms. The maximum atomic E-state index is 12.7. The number of H-pyrrole nitrogens is 1. The van der Waals surface area contributed by atoms with Crippen molar-refractivity contribution in [1.29, 1.82) is 5.26 Å². The third kappa shape index (κ3) is 4.77. The molecule has 3 aromatic rings. The van der Waals surface area contributed by atoms with Gasteiger partial charge in [0.15, 0.2) is 0 Å². The molecule has 1 heterocycles. The number of nitrogens with one attached hydrogen (secondary N) is 1. The number of para-hydroxylation sites is 1. The van der Waals surface area contributed by atoms with Crippen LogP contribution in [-0.2, 0) is 17.8 Å². The van der Waals surface area contributed by atoms with Crippen LogP contribution in [0.25, 0.3) is 10.9 Å². The van der Waals surface area contributed by atoms with Crippen LogP contribution in [0.4, 0.5) is 0 Å². The number of benzene rings is 2. The van der Waals surface area contributed by atoms with Gasteiger partial charge in [-0.15, -0.1) is 0 Å². The highest BCUT2D eigenvalue weighted by Crippen LogP contribution is 2.20. The van der Waals surface area contributed by atoms with E-state index in [1.807, 2.05) is 29.2 Å². The molecule has 1 aromatic heterocycles. The van der Waals surface area contributed by atoms with E-state index in [-0.39, 0.29) is 5.91 Å². The van der Waals surface area contributed by atoms with Crippen LogP contribution in [0.5, 0.6) is 0 Å². The number of nitrogens with zero attached hydrogens (tertiary/aromatic N) is 2. The molecular weight excluding hydrogens is 334 g/mol. The zero-order valence-corrected chi connectivity index (χ0v) is 15.7. The van der Waals surface area contributed by atoms with Crippen molar-refractivity contribution >= 4 is 16.8 Å². The van der Waals surface area contributed by atoms with Gasteiger partial charge < -0.3 is 9.88 Å². The number of rotatable bonds is 8. The number of amides is 1. The summed E-state index contributed by atoms with van der Waals surface area (Å²) in [5, 5.41) is 10.2. The Morgan fingerprint density at radius 2 is 1.93 bits per heavy atom. The first kappa shape index (κ1) is 18.7. The van der Waals surface area contributed by atoms with Crippen molar-refractivity contribution in [2.45, 2.75) is 39.2 Å². The third-order valence-electron chi connectivity index (χ3n) is 4.81. The maximum absolute atomic E-state index is 12.7. The van der Waals surface area contributed by atoms with E-state index in [4.69, 9.17) is 5.26 Å². The zero-order valence-electron chi connectivity index (χ0n) is 15.7. The molecule has 0 saturated carbocycles. The Balaban J connectivity index is 1.57. The molecule has 0 atom stereocenters. The monoisotopic (exact) mass is 359 g/mol. The number of aryl methyl sites for hydroxylation is 1. The number of aromatic nitrogens is 1. The summed E-state index contributed by atoms with van der Waals surface area (Å²) in [4.78, 5) is 17.9. The largest absolute Gasteiger partial charge is 0.361 e. The van der Waals surface area contributed by atoms with Gasteiger partial charge >= 0.3 is 0 Å². The summed E-state index contributed by atoms with van der Waals surface area (Å²) >= 11 is 0. The second-order valence-corrected chi connectivity index (χ2v) is 6.84. The summed E-state index contributed by atoms with van der Waals surface area (Å²) in [5.74, 6) is 0.195. The van der Waals surface area contributed by atoms with E-state index < -0.39 is 0 Å². The number of carbonyl (C=O) groups excluding carboxylic acids is 1. The number of fused-ring (bicyclic) bond motifs is 1. The van der Waals surface area contributed by atoms with Gasteiger partial charge in [0.1, 0.15) is 0 Å². The lowest BCUT2D eigenvalue weighted by molar-refractivity contribution is -0.132. The minimum absolute atomic E-state index is 0.195. The topological polar surface area (TPSA) is 59.9 Å². The first-order chi connectivity index (χ1) is 13.2. The summed E-state index contributed by atoms with van der Waals surface area (Å²) in [6, 6.07) is 17.9. The predicted octanol–water partition coefficient (Wildman–Crippen LogP) is 4.80. The highest BCUT2D eigenvalue weighted by atomic mass is 16.2. The molecule has 0 aliphatic heterocycles. The lowest BCUT2D eigenvalue weighted by Crippen LogP contribution is -2.31. The van der Waals surface area contributed by atoms with Gasteiger partial charge in [-0.1, -0.05) is 37.3 Å². The lowest BCUT2D eigenvalue weighted by Gasteiger charge is -2.22. The molecule has 0 radical (unpaired) electrons. The Kier molecular flexibility index (Phi) is 6.27. The number of carbonyl (C=O) groups is 1. The second-order valence-electron chi connectivity index (χ2n) is 6.84. The van der Waals surface area contributed by atoms with E-state index in [0.717, 1.165) is 36.9 Å². The molecule has 0 aliphatic carbocycles. The van der Waals surface area contributed by atoms with Crippen molar-refractivity contribution in [2.24, 2.45) is 0 Å². The van der Waals surface area contributed by atoms with Gasteiger partial charge in [-0.25, -0.2) is 0 Å². The average molecular weight is 359 g/mol. The summed E-state index contributed by atoms with van der Waals surface area (Å²) < 4.78 is 0. The fourth-order valence-corrected chi connectivity index (χ4v) is 3.39. The molecule has 0 bridgehead atoms. The minimum Gasteiger partial charge on any atom is -0.361 e. The van der Waals surface area contributed by atoms with Gasteiger partial charge in [0.25, 0.3) is 0 Å². The Bertz CT molecular complexity index is 934. The molecule has 1 amide bonds. The molecule has 3 rings (SSSR count). The normalized spacial score (nSPS) is 10.7. The van der Waals surface area contributed by atoms with E-state index in [1.165, 1.54) is 10.9 Å². The van der Waals surface area contributed by atoms with Crippen LogP contribution < -0.4 is 0 Å². The Hall–Kier alpha value is -3.06. The van der Waals surface area contributed by atoms with Crippen LogP contribution in [0.1, 0.15) is 42.9 Å². The molecule has 4 heteroatoms. The van der Waals surface area contributed by atoms with Crippen molar-refractivity contribution in [1.82, 2.24) is 9.88 Å². The summed E-state index contributed by atoms with van der Waals surface area (Å²) in [5.41, 5.74) is 4.12. The Morgan fingerprint density at radius 3 is 2.67 bits per heavy atom. The average Bonchev–Trinajstić information content (AvgIpc) is 3.11. The highest BCUT2D eigenvalue weighted by molar-refractivity contribution is 5.83. The van der Waals surface area contributed by atoms with Crippen molar-refractivity contribution < 1.29 is 4.79 Å². The van der Waals surface area contributed by atoms with Gasteiger partial charge in [0.05, 0.1) is 11.6 Å². The number of aromatic amines is 1. The first-order valence-electron chi connectivity index (χ1n) is 9.53. The smallest absolute Gasteiger partial charge is 0.222 e. The van der Waals surface area contributed by atoms with Crippen LogP contribution >= 0.6 is 0 Å².